The Labute approximate surface area is 246 Å². The van der Waals surface area contributed by atoms with Gasteiger partial charge in [-0.2, -0.15) is 0 Å². The van der Waals surface area contributed by atoms with E-state index in [-0.39, 0.29) is 5.84 Å². The molecule has 0 atom stereocenters. The molecule has 0 fully saturated rings. The first-order chi connectivity index (χ1) is 21.3. The summed E-state index contributed by atoms with van der Waals surface area (Å²) in [5.41, 5.74) is 10.7. The van der Waals surface area contributed by atoms with Gasteiger partial charge >= 0.3 is 0 Å². The van der Waals surface area contributed by atoms with Gasteiger partial charge in [0, 0.05) is 40.0 Å². The lowest BCUT2D eigenvalue weighted by atomic mass is 10.1. The molecule has 8 aromatic rings. The van der Waals surface area contributed by atoms with E-state index in [4.69, 9.17) is 20.4 Å². The van der Waals surface area contributed by atoms with Crippen LogP contribution in [0.1, 0.15) is 11.1 Å². The smallest absolute Gasteiger partial charge is 0.163 e. The van der Waals surface area contributed by atoms with E-state index >= 15 is 0 Å². The van der Waals surface area contributed by atoms with Crippen LogP contribution >= 0.6 is 0 Å². The summed E-state index contributed by atoms with van der Waals surface area (Å²) in [6.45, 7) is 0. The molecule has 0 spiro atoms. The second-order valence-electron chi connectivity index (χ2n) is 10.3. The summed E-state index contributed by atoms with van der Waals surface area (Å²) < 4.78 is 4.23. The molecule has 0 saturated carbocycles. The molecular weight excluding hydrogens is 530 g/mol. The molecule has 0 unspecified atom stereocenters. The van der Waals surface area contributed by atoms with Crippen molar-refractivity contribution < 1.29 is 0 Å². The number of nitrogens with zero attached hydrogens (tertiary/aromatic N) is 5. The van der Waals surface area contributed by atoms with Gasteiger partial charge in [-0.3, -0.25) is 15.8 Å². The molecule has 7 nitrogen and oxygen atoms in total. The minimum atomic E-state index is 0.158. The van der Waals surface area contributed by atoms with Crippen molar-refractivity contribution in [1.29, 1.82) is 5.41 Å². The number of hydrogen-bond donors (Lipinski definition) is 2. The largest absolute Gasteiger partial charge is 0.308 e. The monoisotopic (exact) mass is 555 g/mol. The van der Waals surface area contributed by atoms with E-state index in [0.29, 0.717) is 5.84 Å². The Balaban J connectivity index is 1.42. The van der Waals surface area contributed by atoms with E-state index in [1.807, 2.05) is 95.9 Å². The maximum atomic E-state index is 8.79. The van der Waals surface area contributed by atoms with Gasteiger partial charge in [-0.05, 0) is 30.3 Å². The highest BCUT2D eigenvalue weighted by molar-refractivity contribution is 6.24. The van der Waals surface area contributed by atoms with Crippen molar-refractivity contribution in [3.8, 4) is 5.69 Å². The van der Waals surface area contributed by atoms with Crippen LogP contribution in [-0.4, -0.2) is 30.9 Å². The number of pyridine rings is 2. The summed E-state index contributed by atoms with van der Waals surface area (Å²) in [6, 6.07) is 42.2. The second kappa shape index (κ2) is 10.1. The van der Waals surface area contributed by atoms with Gasteiger partial charge in [0.15, 0.2) is 17.3 Å². The van der Waals surface area contributed by atoms with Crippen molar-refractivity contribution in [2.75, 3.05) is 5.43 Å². The topological polar surface area (TPSA) is 83.9 Å². The minimum absolute atomic E-state index is 0.158. The van der Waals surface area contributed by atoms with Crippen molar-refractivity contribution in [2.45, 2.75) is 0 Å². The molecule has 0 aliphatic heterocycles. The summed E-state index contributed by atoms with van der Waals surface area (Å²) >= 11 is 0. The maximum Gasteiger partial charge on any atom is 0.163 e. The molecule has 7 heteroatoms. The van der Waals surface area contributed by atoms with Gasteiger partial charge in [0.2, 0.25) is 0 Å². The fraction of sp³-hybridized carbons (Fsp3) is 0. The lowest BCUT2D eigenvalue weighted by Crippen LogP contribution is -2.25. The Morgan fingerprint density at radius 1 is 0.651 bits per heavy atom. The summed E-state index contributed by atoms with van der Waals surface area (Å²) in [5, 5.41) is 11.9. The molecule has 0 amide bonds. The molecule has 204 valence electrons. The highest BCUT2D eigenvalue weighted by Gasteiger charge is 2.22. The van der Waals surface area contributed by atoms with Crippen LogP contribution in [0.15, 0.2) is 145 Å². The van der Waals surface area contributed by atoms with Crippen LogP contribution in [0.3, 0.4) is 0 Å². The molecule has 4 heterocycles. The number of hydrogen-bond acceptors (Lipinski definition) is 3. The first kappa shape index (κ1) is 24.7. The van der Waals surface area contributed by atoms with Crippen LogP contribution in [0.5, 0.6) is 0 Å². The predicted octanol–water partition coefficient (Wildman–Crippen LogP) is 7.70. The third kappa shape index (κ3) is 4.06. The van der Waals surface area contributed by atoms with Gasteiger partial charge in [0.05, 0.1) is 21.9 Å². The van der Waals surface area contributed by atoms with Gasteiger partial charge in [0.1, 0.15) is 5.52 Å². The van der Waals surface area contributed by atoms with Gasteiger partial charge < -0.3 is 4.57 Å². The van der Waals surface area contributed by atoms with E-state index in [1.54, 1.807) is 0 Å². The predicted molar refractivity (Wildman–Crippen MR) is 175 cm³/mol. The van der Waals surface area contributed by atoms with Crippen molar-refractivity contribution in [2.24, 2.45) is 4.99 Å². The quantitative estimate of drug-likeness (QED) is 0.172. The summed E-state index contributed by atoms with van der Waals surface area (Å²) in [7, 11) is 0. The molecular formula is C36H25N7. The van der Waals surface area contributed by atoms with Crippen LogP contribution in [0, 0.1) is 5.41 Å². The van der Waals surface area contributed by atoms with Crippen molar-refractivity contribution >= 4 is 55.5 Å². The van der Waals surface area contributed by atoms with Gasteiger partial charge in [-0.25, -0.2) is 14.7 Å². The molecule has 0 aliphatic rings. The molecule has 4 aromatic carbocycles. The second-order valence-corrected chi connectivity index (χ2v) is 10.3. The van der Waals surface area contributed by atoms with Crippen LogP contribution < -0.4 is 5.43 Å². The van der Waals surface area contributed by atoms with Gasteiger partial charge in [-0.1, -0.05) is 97.1 Å². The number of nitrogens with one attached hydrogen (secondary N) is 2. The van der Waals surface area contributed by atoms with E-state index in [2.05, 4.69) is 58.5 Å². The highest BCUT2D eigenvalue weighted by atomic mass is 15.4. The number of aromatic nitrogens is 4. The Kier molecular flexibility index (Phi) is 5.79. The summed E-state index contributed by atoms with van der Waals surface area (Å²) in [5.74, 6) is 0.688. The molecule has 4 aromatic heterocycles. The molecule has 0 radical (unpaired) electrons. The molecule has 2 N–H and O–H groups in total. The Bertz CT molecular complexity index is 2320. The van der Waals surface area contributed by atoms with Gasteiger partial charge in [-0.15, -0.1) is 0 Å². The van der Waals surface area contributed by atoms with Crippen LogP contribution in [0.2, 0.25) is 0 Å². The van der Waals surface area contributed by atoms with Gasteiger partial charge in [0.25, 0.3) is 0 Å². The number of fused-ring (bicyclic) bond motifs is 7. The summed E-state index contributed by atoms with van der Waals surface area (Å²) in [6.07, 6.45) is 3.76. The molecule has 8 rings (SSSR count). The zero-order valence-electron chi connectivity index (χ0n) is 23.0. The third-order valence-corrected chi connectivity index (χ3v) is 7.72. The average Bonchev–Trinajstić information content (AvgIpc) is 3.58. The van der Waals surface area contributed by atoms with E-state index in [9.17, 15) is 0 Å². The van der Waals surface area contributed by atoms with Crippen molar-refractivity contribution in [1.82, 2.24) is 19.2 Å². The SMILES string of the molecule is N=C(N=C(Nn1c2cccnc2c2c1ncc1c3ccccc3n(-c3ccccc3)c12)c1ccccc1)c1ccccc1. The molecule has 0 bridgehead atoms. The number of aliphatic imine (C=N–C) groups is 1. The van der Waals surface area contributed by atoms with E-state index < -0.39 is 0 Å². The first-order valence-corrected chi connectivity index (χ1v) is 14.1. The first-order valence-electron chi connectivity index (χ1n) is 14.1. The van der Waals surface area contributed by atoms with Crippen LogP contribution in [0.25, 0.3) is 49.6 Å². The normalized spacial score (nSPS) is 12.0. The highest BCUT2D eigenvalue weighted by Crippen LogP contribution is 2.38. The van der Waals surface area contributed by atoms with Crippen molar-refractivity contribution in [3.63, 3.8) is 0 Å². The molecule has 43 heavy (non-hydrogen) atoms. The van der Waals surface area contributed by atoms with Crippen LogP contribution in [0.4, 0.5) is 0 Å². The zero-order valence-corrected chi connectivity index (χ0v) is 23.0. The number of benzene rings is 4. The summed E-state index contributed by atoms with van der Waals surface area (Å²) in [4.78, 5) is 14.7. The fourth-order valence-electron chi connectivity index (χ4n) is 5.80. The number of rotatable bonds is 4. The Morgan fingerprint density at radius 3 is 2.07 bits per heavy atom. The molecule has 0 aliphatic carbocycles. The number of amidine groups is 2. The Hall–Kier alpha value is -6.08. The lowest BCUT2D eigenvalue weighted by Gasteiger charge is -2.14. The molecule has 0 saturated heterocycles. The average molecular weight is 556 g/mol. The Morgan fingerprint density at radius 2 is 1.30 bits per heavy atom. The lowest BCUT2D eigenvalue weighted by molar-refractivity contribution is 1.05. The maximum absolute atomic E-state index is 8.79. The van der Waals surface area contributed by atoms with Crippen molar-refractivity contribution in [3.05, 3.63) is 151 Å². The minimum Gasteiger partial charge on any atom is -0.308 e. The van der Waals surface area contributed by atoms with E-state index in [0.717, 1.165) is 60.7 Å². The van der Waals surface area contributed by atoms with E-state index in [1.165, 1.54) is 0 Å². The fourth-order valence-corrected chi connectivity index (χ4v) is 5.80. The third-order valence-electron chi connectivity index (χ3n) is 7.72. The zero-order chi connectivity index (χ0) is 28.8. The van der Waals surface area contributed by atoms with Crippen LogP contribution in [-0.2, 0) is 0 Å². The standard InChI is InChI=1S/C36H25N7/c37-34(24-13-4-1-5-14-24)40-35(25-15-6-2-7-16-25)41-43-30-21-12-22-38-32(30)31-33-28(23-39-36(31)43)27-19-10-11-20-29(27)42(33)26-17-8-3-9-18-26/h1-23H,(H2,37,40,41). The number of para-hydroxylation sites is 2.